The maximum Gasteiger partial charge on any atom is 0.279 e. The van der Waals surface area contributed by atoms with Crippen LogP contribution in [-0.4, -0.2) is 22.3 Å². The van der Waals surface area contributed by atoms with Gasteiger partial charge in [-0.15, -0.1) is 10.2 Å². The first-order valence-corrected chi connectivity index (χ1v) is 7.15. The van der Waals surface area contributed by atoms with Gasteiger partial charge in [0.1, 0.15) is 5.75 Å². The molecule has 3 rings (SSSR count). The van der Waals surface area contributed by atoms with Gasteiger partial charge in [0.15, 0.2) is 5.69 Å². The zero-order valence-corrected chi connectivity index (χ0v) is 12.6. The fourth-order valence-corrected chi connectivity index (χ4v) is 2.14. The Morgan fingerprint density at radius 1 is 1.04 bits per heavy atom. The molecule has 0 saturated heterocycles. The number of ether oxygens (including phenoxy) is 1. The number of methoxy groups -OCH3 is 1. The Kier molecular flexibility index (Phi) is 4.33. The molecule has 0 aliphatic carbocycles. The van der Waals surface area contributed by atoms with Crippen molar-refractivity contribution in [3.05, 3.63) is 70.5 Å². The third kappa shape index (κ3) is 3.55. The van der Waals surface area contributed by atoms with Gasteiger partial charge in [-0.3, -0.25) is 9.78 Å². The third-order valence-electron chi connectivity index (χ3n) is 3.36. The van der Waals surface area contributed by atoms with E-state index >= 15 is 0 Å². The number of aromatic amines is 1. The number of anilines is 1. The van der Waals surface area contributed by atoms with Crippen molar-refractivity contribution in [1.29, 1.82) is 0 Å². The van der Waals surface area contributed by atoms with Crippen molar-refractivity contribution in [2.24, 2.45) is 0 Å². The van der Waals surface area contributed by atoms with Gasteiger partial charge in [0.2, 0.25) is 5.95 Å². The molecule has 0 spiro atoms. The Morgan fingerprint density at radius 3 is 2.43 bits per heavy atom. The number of nitrogens with one attached hydrogen (secondary N) is 2. The smallest absolute Gasteiger partial charge is 0.279 e. The number of rotatable bonds is 5. The number of aromatic nitrogens is 3. The summed E-state index contributed by atoms with van der Waals surface area (Å²) in [6.07, 6.45) is 0. The Morgan fingerprint density at radius 2 is 1.78 bits per heavy atom. The molecule has 23 heavy (non-hydrogen) atoms. The zero-order valence-electron chi connectivity index (χ0n) is 12.6. The molecule has 0 radical (unpaired) electrons. The largest absolute Gasteiger partial charge is 0.497 e. The molecule has 116 valence electrons. The highest BCUT2D eigenvalue weighted by Gasteiger charge is 2.07. The normalized spacial score (nSPS) is 10.3. The van der Waals surface area contributed by atoms with Crippen LogP contribution in [0.1, 0.15) is 5.56 Å². The van der Waals surface area contributed by atoms with E-state index in [1.807, 2.05) is 30.3 Å². The highest BCUT2D eigenvalue weighted by atomic mass is 16.5. The van der Waals surface area contributed by atoms with E-state index < -0.39 is 0 Å². The van der Waals surface area contributed by atoms with E-state index in [4.69, 9.17) is 4.74 Å². The van der Waals surface area contributed by atoms with Crippen LogP contribution < -0.4 is 15.6 Å². The Hall–Kier alpha value is -3.15. The summed E-state index contributed by atoms with van der Waals surface area (Å²) in [5.41, 5.74) is 1.77. The predicted molar refractivity (Wildman–Crippen MR) is 88.4 cm³/mol. The van der Waals surface area contributed by atoms with Crippen LogP contribution in [0.4, 0.5) is 5.95 Å². The third-order valence-corrected chi connectivity index (χ3v) is 3.36. The van der Waals surface area contributed by atoms with E-state index in [1.54, 1.807) is 31.4 Å². The van der Waals surface area contributed by atoms with Gasteiger partial charge in [0, 0.05) is 12.1 Å². The molecule has 0 atom stereocenters. The van der Waals surface area contributed by atoms with Gasteiger partial charge in [0.05, 0.1) is 7.11 Å². The van der Waals surface area contributed by atoms with E-state index in [0.29, 0.717) is 18.1 Å². The van der Waals surface area contributed by atoms with Crippen LogP contribution in [0.2, 0.25) is 0 Å². The van der Waals surface area contributed by atoms with E-state index in [1.165, 1.54) is 0 Å². The van der Waals surface area contributed by atoms with Crippen molar-refractivity contribution in [2.75, 3.05) is 12.4 Å². The fourth-order valence-electron chi connectivity index (χ4n) is 2.14. The summed E-state index contributed by atoms with van der Waals surface area (Å²) in [6.45, 7) is 0.563. The Labute approximate surface area is 133 Å². The van der Waals surface area contributed by atoms with Crippen molar-refractivity contribution < 1.29 is 4.74 Å². The van der Waals surface area contributed by atoms with Gasteiger partial charge in [-0.1, -0.05) is 30.3 Å². The summed E-state index contributed by atoms with van der Waals surface area (Å²) in [5, 5.41) is 11.1. The molecule has 0 fully saturated rings. The summed E-state index contributed by atoms with van der Waals surface area (Å²) < 4.78 is 5.10. The summed E-state index contributed by atoms with van der Waals surface area (Å²) in [4.78, 5) is 14.9. The maximum atomic E-state index is 12.2. The molecule has 2 N–H and O–H groups in total. The highest BCUT2D eigenvalue weighted by Crippen LogP contribution is 2.17. The van der Waals surface area contributed by atoms with Crippen LogP contribution >= 0.6 is 0 Å². The Balaban J connectivity index is 1.76. The molecule has 2 aromatic carbocycles. The average molecular weight is 308 g/mol. The second kappa shape index (κ2) is 6.74. The molecule has 6 heteroatoms. The second-order valence-corrected chi connectivity index (χ2v) is 4.92. The molecule has 0 bridgehead atoms. The van der Waals surface area contributed by atoms with Gasteiger partial charge in [0.25, 0.3) is 5.56 Å². The van der Waals surface area contributed by atoms with E-state index in [2.05, 4.69) is 20.5 Å². The van der Waals surface area contributed by atoms with Gasteiger partial charge >= 0.3 is 0 Å². The molecule has 3 aromatic rings. The van der Waals surface area contributed by atoms with Crippen LogP contribution in [-0.2, 0) is 6.54 Å². The minimum atomic E-state index is -0.291. The molecular weight excluding hydrogens is 292 g/mol. The molecule has 0 saturated carbocycles. The molecule has 1 heterocycles. The van der Waals surface area contributed by atoms with Crippen molar-refractivity contribution in [3.63, 3.8) is 0 Å². The summed E-state index contributed by atoms with van der Waals surface area (Å²) in [5.74, 6) is 1.07. The lowest BCUT2D eigenvalue weighted by Crippen LogP contribution is -2.16. The van der Waals surface area contributed by atoms with Crippen molar-refractivity contribution in [1.82, 2.24) is 15.2 Å². The van der Waals surface area contributed by atoms with Gasteiger partial charge in [-0.25, -0.2) is 0 Å². The highest BCUT2D eigenvalue weighted by molar-refractivity contribution is 5.58. The zero-order chi connectivity index (χ0) is 16.1. The minimum absolute atomic E-state index is 0.276. The molecule has 0 aliphatic rings. The number of benzene rings is 2. The average Bonchev–Trinajstić information content (AvgIpc) is 2.61. The van der Waals surface area contributed by atoms with E-state index in [9.17, 15) is 4.79 Å². The molecule has 0 amide bonds. The summed E-state index contributed by atoms with van der Waals surface area (Å²) in [6, 6.07) is 16.9. The van der Waals surface area contributed by atoms with Crippen molar-refractivity contribution in [2.45, 2.75) is 6.54 Å². The lowest BCUT2D eigenvalue weighted by atomic mass is 10.1. The number of hydrogen-bond donors (Lipinski definition) is 2. The van der Waals surface area contributed by atoms with Crippen LogP contribution in [0.5, 0.6) is 5.75 Å². The quantitative estimate of drug-likeness (QED) is 0.757. The monoisotopic (exact) mass is 308 g/mol. The molecule has 1 aromatic heterocycles. The van der Waals surface area contributed by atoms with Crippen LogP contribution in [0, 0.1) is 0 Å². The van der Waals surface area contributed by atoms with E-state index in [0.717, 1.165) is 11.3 Å². The lowest BCUT2D eigenvalue weighted by Gasteiger charge is -2.06. The van der Waals surface area contributed by atoms with Crippen molar-refractivity contribution >= 4 is 5.95 Å². The second-order valence-electron chi connectivity index (χ2n) is 4.92. The first-order chi connectivity index (χ1) is 11.3. The van der Waals surface area contributed by atoms with Crippen molar-refractivity contribution in [3.8, 4) is 17.0 Å². The summed E-state index contributed by atoms with van der Waals surface area (Å²) in [7, 11) is 1.59. The van der Waals surface area contributed by atoms with Crippen LogP contribution in [0.25, 0.3) is 11.3 Å². The molecule has 0 aliphatic heterocycles. The Bertz CT molecular complexity index is 829. The maximum absolute atomic E-state index is 12.2. The van der Waals surface area contributed by atoms with Gasteiger partial charge in [-0.2, -0.15) is 0 Å². The van der Waals surface area contributed by atoms with Crippen LogP contribution in [0.3, 0.4) is 0 Å². The fraction of sp³-hybridized carbons (Fsp3) is 0.118. The van der Waals surface area contributed by atoms with Crippen LogP contribution in [0.15, 0.2) is 59.4 Å². The van der Waals surface area contributed by atoms with Gasteiger partial charge < -0.3 is 10.1 Å². The molecular formula is C17H16N4O2. The summed E-state index contributed by atoms with van der Waals surface area (Å²) >= 11 is 0. The minimum Gasteiger partial charge on any atom is -0.497 e. The standard InChI is InChI=1S/C17H16N4O2/c1-23-14-9-7-13(8-10-14)15-16(22)19-17(21-20-15)18-11-12-5-3-2-4-6-12/h2-10H,11H2,1H3,(H2,18,19,21,22). The van der Waals surface area contributed by atoms with Gasteiger partial charge in [-0.05, 0) is 29.8 Å². The predicted octanol–water partition coefficient (Wildman–Crippen LogP) is 2.45. The number of nitrogens with zero attached hydrogens (tertiary/aromatic N) is 2. The molecule has 6 nitrogen and oxygen atoms in total. The first kappa shape index (κ1) is 14.8. The SMILES string of the molecule is COc1ccc(-c2nnc(NCc3ccccc3)[nH]c2=O)cc1. The lowest BCUT2D eigenvalue weighted by molar-refractivity contribution is 0.415. The molecule has 0 unspecified atom stereocenters. The topological polar surface area (TPSA) is 79.9 Å². The number of hydrogen-bond acceptors (Lipinski definition) is 5. The number of H-pyrrole nitrogens is 1. The van der Waals surface area contributed by atoms with E-state index in [-0.39, 0.29) is 11.3 Å². The first-order valence-electron chi connectivity index (χ1n) is 7.15.